The van der Waals surface area contributed by atoms with Crippen LogP contribution >= 0.6 is 27.5 Å². The number of rotatable bonds is 5. The molecule has 3 heterocycles. The van der Waals surface area contributed by atoms with Gasteiger partial charge < -0.3 is 24.6 Å². The Morgan fingerprint density at radius 3 is 2.77 bits per heavy atom. The maximum atomic E-state index is 12.9. The Labute approximate surface area is 190 Å². The summed E-state index contributed by atoms with van der Waals surface area (Å²) in [6.45, 7) is 4.60. The summed E-state index contributed by atoms with van der Waals surface area (Å²) in [7, 11) is 0. The van der Waals surface area contributed by atoms with Crippen molar-refractivity contribution in [3.8, 4) is 11.5 Å². The molecule has 1 aromatic carbocycles. The molecule has 1 aromatic rings. The summed E-state index contributed by atoms with van der Waals surface area (Å²) >= 11 is 9.70. The van der Waals surface area contributed by atoms with E-state index >= 15 is 0 Å². The highest BCUT2D eigenvalue weighted by atomic mass is 79.9. The minimum Gasteiger partial charge on any atom is -0.489 e. The van der Waals surface area contributed by atoms with E-state index < -0.39 is 6.10 Å². The number of hydrogen-bond acceptors (Lipinski definition) is 6. The Kier molecular flexibility index (Phi) is 7.41. The molecule has 3 aliphatic rings. The maximum absolute atomic E-state index is 12.9. The molecule has 2 N–H and O–H groups in total. The summed E-state index contributed by atoms with van der Waals surface area (Å²) in [5, 5.41) is 13.9. The Bertz CT molecular complexity index is 774. The Morgan fingerprint density at radius 2 is 2.03 bits per heavy atom. The first-order chi connectivity index (χ1) is 14.5. The molecule has 1 amide bonds. The molecule has 3 atom stereocenters. The van der Waals surface area contributed by atoms with Gasteiger partial charge in [0.15, 0.2) is 11.5 Å². The molecule has 2 saturated heterocycles. The molecular formula is C21H28BrClN2O5. The van der Waals surface area contributed by atoms with Crippen LogP contribution in [0.1, 0.15) is 36.0 Å². The van der Waals surface area contributed by atoms with Gasteiger partial charge in [0.1, 0.15) is 0 Å². The molecule has 30 heavy (non-hydrogen) atoms. The smallest absolute Gasteiger partial charge is 0.255 e. The molecule has 0 bridgehead atoms. The number of amides is 1. The van der Waals surface area contributed by atoms with Gasteiger partial charge in [-0.2, -0.15) is 0 Å². The van der Waals surface area contributed by atoms with E-state index in [-0.39, 0.29) is 17.9 Å². The fraction of sp³-hybridized carbons (Fsp3) is 0.667. The van der Waals surface area contributed by atoms with Crippen molar-refractivity contribution in [1.82, 2.24) is 10.2 Å². The Balaban J connectivity index is 1.35. The Hall–Kier alpha value is -1.06. The number of fused-ring (bicyclic) bond motifs is 1. The van der Waals surface area contributed by atoms with E-state index in [9.17, 15) is 9.90 Å². The van der Waals surface area contributed by atoms with Crippen LogP contribution in [0.5, 0.6) is 11.5 Å². The zero-order valence-corrected chi connectivity index (χ0v) is 19.2. The molecular weight excluding hydrogens is 476 g/mol. The molecule has 2 fully saturated rings. The fourth-order valence-electron chi connectivity index (χ4n) is 4.28. The fourth-order valence-corrected chi connectivity index (χ4v) is 4.88. The number of likely N-dealkylation sites (tertiary alicyclic amines) is 1. The van der Waals surface area contributed by atoms with Gasteiger partial charge in [-0.25, -0.2) is 0 Å². The van der Waals surface area contributed by atoms with Crippen LogP contribution in [-0.4, -0.2) is 74.1 Å². The van der Waals surface area contributed by atoms with Crippen molar-refractivity contribution in [3.63, 3.8) is 0 Å². The van der Waals surface area contributed by atoms with E-state index in [1.165, 1.54) is 0 Å². The number of nitrogens with zero attached hydrogens (tertiary/aromatic N) is 1. The monoisotopic (exact) mass is 502 g/mol. The summed E-state index contributed by atoms with van der Waals surface area (Å²) in [6.07, 6.45) is 3.58. The molecule has 1 unspecified atom stereocenters. The minimum atomic E-state index is -0.481. The second kappa shape index (κ2) is 10.0. The van der Waals surface area contributed by atoms with E-state index in [1.54, 1.807) is 6.07 Å². The van der Waals surface area contributed by atoms with Gasteiger partial charge in [0.25, 0.3) is 5.91 Å². The number of piperidine rings is 1. The summed E-state index contributed by atoms with van der Waals surface area (Å²) in [5.74, 6) is 0.609. The summed E-state index contributed by atoms with van der Waals surface area (Å²) in [5.41, 5.74) is 0.352. The highest BCUT2D eigenvalue weighted by Gasteiger charge is 2.31. The minimum absolute atomic E-state index is 0.0105. The zero-order valence-electron chi connectivity index (χ0n) is 16.9. The van der Waals surface area contributed by atoms with Crippen LogP contribution in [-0.2, 0) is 4.74 Å². The van der Waals surface area contributed by atoms with E-state index in [4.69, 9.17) is 25.8 Å². The number of β-amino-alcohol motifs (C(OH)–C–C–N with tert-alkyl or cyclic N) is 1. The molecule has 0 spiro atoms. The quantitative estimate of drug-likeness (QED) is 0.643. The molecule has 4 rings (SSSR count). The molecule has 0 aromatic heterocycles. The van der Waals surface area contributed by atoms with Gasteiger partial charge in [0.2, 0.25) is 0 Å². The topological polar surface area (TPSA) is 80.3 Å². The molecule has 3 aliphatic heterocycles. The van der Waals surface area contributed by atoms with Crippen molar-refractivity contribution in [3.05, 3.63) is 21.1 Å². The van der Waals surface area contributed by atoms with Gasteiger partial charge in [-0.15, -0.1) is 0 Å². The predicted molar refractivity (Wildman–Crippen MR) is 117 cm³/mol. The van der Waals surface area contributed by atoms with Crippen LogP contribution in [0.25, 0.3) is 0 Å². The first-order valence-electron chi connectivity index (χ1n) is 10.6. The SMILES string of the molecule is O=C(NC[C@@H]1CCN(CC2CCCO2)C[C@H]1O)c1cc(Cl)c(Br)c2c1OCCCO2. The van der Waals surface area contributed by atoms with Crippen LogP contribution < -0.4 is 14.8 Å². The lowest BCUT2D eigenvalue weighted by molar-refractivity contribution is -0.00191. The van der Waals surface area contributed by atoms with Crippen molar-refractivity contribution >= 4 is 33.4 Å². The van der Waals surface area contributed by atoms with E-state index in [0.717, 1.165) is 45.4 Å². The third-order valence-corrected chi connectivity index (χ3v) is 7.29. The second-order valence-corrected chi connectivity index (χ2v) is 9.35. The molecule has 7 nitrogen and oxygen atoms in total. The van der Waals surface area contributed by atoms with Crippen LogP contribution in [0.4, 0.5) is 0 Å². The average molecular weight is 504 g/mol. The Morgan fingerprint density at radius 1 is 1.23 bits per heavy atom. The lowest BCUT2D eigenvalue weighted by Gasteiger charge is -2.37. The molecule has 166 valence electrons. The van der Waals surface area contributed by atoms with Crippen LogP contribution in [0.15, 0.2) is 10.5 Å². The van der Waals surface area contributed by atoms with Crippen LogP contribution in [0, 0.1) is 5.92 Å². The van der Waals surface area contributed by atoms with E-state index in [2.05, 4.69) is 26.1 Å². The number of halogens is 2. The number of aliphatic hydroxyl groups is 1. The average Bonchev–Trinajstić information content (AvgIpc) is 3.11. The summed E-state index contributed by atoms with van der Waals surface area (Å²) in [4.78, 5) is 15.2. The first-order valence-corrected chi connectivity index (χ1v) is 11.8. The molecule has 0 saturated carbocycles. The molecule has 0 aliphatic carbocycles. The third kappa shape index (κ3) is 5.05. The van der Waals surface area contributed by atoms with Crippen molar-refractivity contribution in [2.45, 2.75) is 37.9 Å². The maximum Gasteiger partial charge on any atom is 0.255 e. The van der Waals surface area contributed by atoms with E-state index in [1.807, 2.05) is 0 Å². The number of hydrogen-bond donors (Lipinski definition) is 2. The number of aliphatic hydroxyl groups excluding tert-OH is 1. The number of benzene rings is 1. The van der Waals surface area contributed by atoms with Gasteiger partial charge in [-0.1, -0.05) is 11.6 Å². The largest absolute Gasteiger partial charge is 0.489 e. The number of carbonyl (C=O) groups is 1. The van der Waals surface area contributed by atoms with Gasteiger partial charge in [-0.05, 0) is 47.8 Å². The van der Waals surface area contributed by atoms with Crippen LogP contribution in [0.2, 0.25) is 5.02 Å². The van der Waals surface area contributed by atoms with Crippen molar-refractivity contribution < 1.29 is 24.1 Å². The standard InChI is InChI=1S/C21H28BrClN2O5/c22-18-16(23)9-15(19-20(18)30-8-2-7-29-19)21(27)24-10-13-4-5-25(12-17(13)26)11-14-3-1-6-28-14/h9,13-14,17,26H,1-8,10-12H2,(H,24,27)/t13-,14?,17+/m0/s1. The zero-order chi connectivity index (χ0) is 21.1. The number of carbonyl (C=O) groups excluding carboxylic acids is 1. The second-order valence-electron chi connectivity index (χ2n) is 8.15. The van der Waals surface area contributed by atoms with Crippen molar-refractivity contribution in [2.24, 2.45) is 5.92 Å². The highest BCUT2D eigenvalue weighted by Crippen LogP contribution is 2.44. The molecule has 0 radical (unpaired) electrons. The van der Waals surface area contributed by atoms with Crippen molar-refractivity contribution in [1.29, 1.82) is 0 Å². The first kappa shape index (κ1) is 22.1. The normalized spacial score (nSPS) is 27.0. The van der Waals surface area contributed by atoms with Gasteiger partial charge in [0.05, 0.1) is 40.5 Å². The highest BCUT2D eigenvalue weighted by molar-refractivity contribution is 9.10. The third-order valence-electron chi connectivity index (χ3n) is 5.97. The number of ether oxygens (including phenoxy) is 3. The lowest BCUT2D eigenvalue weighted by atomic mass is 9.93. The summed E-state index contributed by atoms with van der Waals surface area (Å²) < 4.78 is 17.8. The number of nitrogens with one attached hydrogen (secondary N) is 1. The molecule has 9 heteroatoms. The van der Waals surface area contributed by atoms with E-state index in [0.29, 0.717) is 52.9 Å². The van der Waals surface area contributed by atoms with Gasteiger partial charge in [-0.3, -0.25) is 9.69 Å². The van der Waals surface area contributed by atoms with Crippen molar-refractivity contribution in [2.75, 3.05) is 46.0 Å². The summed E-state index contributed by atoms with van der Waals surface area (Å²) in [6, 6.07) is 1.59. The van der Waals surface area contributed by atoms with Gasteiger partial charge >= 0.3 is 0 Å². The van der Waals surface area contributed by atoms with Gasteiger partial charge in [0, 0.05) is 38.6 Å². The van der Waals surface area contributed by atoms with Crippen LogP contribution in [0.3, 0.4) is 0 Å². The predicted octanol–water partition coefficient (Wildman–Crippen LogP) is 2.86. The lowest BCUT2D eigenvalue weighted by Crippen LogP contribution is -2.49.